The van der Waals surface area contributed by atoms with E-state index in [2.05, 4.69) is 281 Å². The molecular weight excluding hydrogens is 928 g/mol. The minimum atomic E-state index is -0.0895. The number of fused-ring (bicyclic) bond motifs is 8. The van der Waals surface area contributed by atoms with E-state index in [-0.39, 0.29) is 28.4 Å². The van der Waals surface area contributed by atoms with Crippen LogP contribution in [0.1, 0.15) is 105 Å². The van der Waals surface area contributed by atoms with E-state index in [1.807, 2.05) is 0 Å². The minimum Gasteiger partial charge on any atom is -0.311 e. The van der Waals surface area contributed by atoms with Gasteiger partial charge in [0.15, 0.2) is 0 Å². The second-order valence-electron chi connectivity index (χ2n) is 26.7. The van der Waals surface area contributed by atoms with Gasteiger partial charge in [-0.3, -0.25) is 0 Å². The molecule has 376 valence electrons. The highest BCUT2D eigenvalue weighted by Gasteiger charge is 2.45. The van der Waals surface area contributed by atoms with Gasteiger partial charge in [0.2, 0.25) is 0 Å². The summed E-state index contributed by atoms with van der Waals surface area (Å²) in [5.41, 5.74) is 18.7. The van der Waals surface area contributed by atoms with E-state index in [9.17, 15) is 0 Å². The van der Waals surface area contributed by atoms with E-state index in [0.717, 1.165) is 0 Å². The van der Waals surface area contributed by atoms with Gasteiger partial charge in [-0.15, -0.1) is 0 Å². The van der Waals surface area contributed by atoms with Crippen molar-refractivity contribution in [3.63, 3.8) is 0 Å². The zero-order chi connectivity index (χ0) is 53.2. The van der Waals surface area contributed by atoms with Gasteiger partial charge in [-0.05, 0) is 185 Å². The summed E-state index contributed by atoms with van der Waals surface area (Å²) in [7, 11) is 0. The lowest BCUT2D eigenvalue weighted by Crippen LogP contribution is -2.61. The van der Waals surface area contributed by atoms with Crippen LogP contribution >= 0.6 is 0 Å². The predicted molar refractivity (Wildman–Crippen MR) is 337 cm³/mol. The maximum absolute atomic E-state index is 2.67. The molecule has 0 saturated carbocycles. The van der Waals surface area contributed by atoms with Crippen LogP contribution in [-0.2, 0) is 21.7 Å². The van der Waals surface area contributed by atoms with Crippen LogP contribution in [0.15, 0.2) is 188 Å². The molecule has 12 aromatic rings. The molecule has 0 aromatic heterocycles. The SMILES string of the molecule is CC(C)(C)c1cc(N2c3cc4ccccc4cc3B3c4cc5ccccc5cc4N(c4cc(C(C)(C)C)cc(C(C)(C)C)c4)c4cc(-c5ccc6c7cccc8cccc(c9cccc5c96)c87)cc2c43)cc(C(C)(C)C)c1. The Bertz CT molecular complexity index is 4150. The molecule has 0 aliphatic carbocycles. The van der Waals surface area contributed by atoms with E-state index in [1.54, 1.807) is 0 Å². The van der Waals surface area contributed by atoms with Crippen molar-refractivity contribution in [3.8, 4) is 11.1 Å². The molecule has 0 bridgehead atoms. The highest BCUT2D eigenvalue weighted by Crippen LogP contribution is 2.51. The highest BCUT2D eigenvalue weighted by atomic mass is 15.2. The fourth-order valence-corrected chi connectivity index (χ4v) is 13.2. The van der Waals surface area contributed by atoms with Gasteiger partial charge >= 0.3 is 0 Å². The molecule has 0 atom stereocenters. The van der Waals surface area contributed by atoms with Crippen molar-refractivity contribution in [1.82, 2.24) is 0 Å². The van der Waals surface area contributed by atoms with Crippen LogP contribution in [-0.4, -0.2) is 6.71 Å². The summed E-state index contributed by atoms with van der Waals surface area (Å²) in [4.78, 5) is 5.34. The lowest BCUT2D eigenvalue weighted by atomic mass is 9.33. The molecule has 0 amide bonds. The van der Waals surface area contributed by atoms with Crippen LogP contribution in [0.5, 0.6) is 0 Å². The molecule has 0 saturated heterocycles. The van der Waals surface area contributed by atoms with E-state index in [1.165, 1.54) is 149 Å². The summed E-state index contributed by atoms with van der Waals surface area (Å²) in [5.74, 6) is 0. The summed E-state index contributed by atoms with van der Waals surface area (Å²) in [6.07, 6.45) is 0. The Balaban J connectivity index is 1.17. The Morgan fingerprint density at radius 1 is 0.299 bits per heavy atom. The molecule has 0 unspecified atom stereocenters. The van der Waals surface area contributed by atoms with E-state index >= 15 is 0 Å². The predicted octanol–water partition coefficient (Wildman–Crippen LogP) is 19.0. The van der Waals surface area contributed by atoms with Gasteiger partial charge in [-0.25, -0.2) is 0 Å². The second kappa shape index (κ2) is 16.3. The standard InChI is InChI=1S/C74H67BN2/c1-71(2,3)50-38-51(72(4,5)6)41-54(40-50)76-64-34-47-22-15-13-20-45(47)32-62(64)75-63-33-46-21-14-16-23-48(46)35-65(63)77(55-42-52(73(7,8)9)39-53(43-55)74(10,11)12)67-37-49(36-66(76)70(67)75)56-30-31-61-59-27-18-25-44-24-17-26-58(68(44)59)60-29-19-28-57(56)69(60)61/h13-43H,1-12H3. The van der Waals surface area contributed by atoms with Gasteiger partial charge in [0.05, 0.1) is 0 Å². The zero-order valence-electron chi connectivity index (χ0n) is 46.9. The fraction of sp³-hybridized carbons (Fsp3) is 0.216. The number of nitrogens with zero attached hydrogens (tertiary/aromatic N) is 2. The van der Waals surface area contributed by atoms with E-state index < -0.39 is 0 Å². The summed E-state index contributed by atoms with van der Waals surface area (Å²) >= 11 is 0. The molecule has 77 heavy (non-hydrogen) atoms. The van der Waals surface area contributed by atoms with Crippen LogP contribution in [0.2, 0.25) is 0 Å². The lowest BCUT2D eigenvalue weighted by molar-refractivity contribution is 0.568. The van der Waals surface area contributed by atoms with Crippen molar-refractivity contribution in [1.29, 1.82) is 0 Å². The quantitative estimate of drug-likeness (QED) is 0.0989. The number of benzene rings is 12. The molecule has 12 aromatic carbocycles. The zero-order valence-corrected chi connectivity index (χ0v) is 46.9. The fourth-order valence-electron chi connectivity index (χ4n) is 13.2. The van der Waals surface area contributed by atoms with Crippen molar-refractivity contribution in [2.45, 2.75) is 105 Å². The van der Waals surface area contributed by atoms with Gasteiger partial charge in [0, 0.05) is 34.1 Å². The highest BCUT2D eigenvalue weighted by molar-refractivity contribution is 7.00. The van der Waals surface area contributed by atoms with Crippen LogP contribution in [0, 0.1) is 0 Å². The number of hydrogen-bond acceptors (Lipinski definition) is 2. The monoisotopic (exact) mass is 995 g/mol. The smallest absolute Gasteiger partial charge is 0.252 e. The minimum absolute atomic E-state index is 0.0603. The first-order valence-electron chi connectivity index (χ1n) is 27.9. The van der Waals surface area contributed by atoms with Gasteiger partial charge in [0.1, 0.15) is 0 Å². The van der Waals surface area contributed by atoms with Crippen molar-refractivity contribution in [3.05, 3.63) is 210 Å². The molecule has 0 N–H and O–H groups in total. The average molecular weight is 995 g/mol. The molecular formula is C74H67BN2. The first kappa shape index (κ1) is 47.6. The first-order chi connectivity index (χ1) is 36.7. The van der Waals surface area contributed by atoms with E-state index in [4.69, 9.17) is 0 Å². The molecule has 0 radical (unpaired) electrons. The van der Waals surface area contributed by atoms with Gasteiger partial charge in [-0.1, -0.05) is 223 Å². The summed E-state index contributed by atoms with van der Waals surface area (Å²) in [5, 5.41) is 15.4. The molecule has 0 spiro atoms. The molecule has 2 aliphatic rings. The van der Waals surface area contributed by atoms with Gasteiger partial charge in [0.25, 0.3) is 6.71 Å². The van der Waals surface area contributed by atoms with E-state index in [0.29, 0.717) is 0 Å². The molecule has 14 rings (SSSR count). The Labute approximate surface area is 455 Å². The van der Waals surface area contributed by atoms with Crippen LogP contribution < -0.4 is 26.2 Å². The third-order valence-corrected chi connectivity index (χ3v) is 17.5. The molecule has 2 nitrogen and oxygen atoms in total. The summed E-state index contributed by atoms with van der Waals surface area (Å²) < 4.78 is 0. The Hall–Kier alpha value is -7.88. The molecule has 2 aliphatic heterocycles. The largest absolute Gasteiger partial charge is 0.311 e. The Morgan fingerprint density at radius 2 is 0.662 bits per heavy atom. The molecule has 2 heterocycles. The van der Waals surface area contributed by atoms with Crippen molar-refractivity contribution in [2.24, 2.45) is 0 Å². The Morgan fingerprint density at radius 3 is 1.09 bits per heavy atom. The van der Waals surface area contributed by atoms with Crippen LogP contribution in [0.4, 0.5) is 34.1 Å². The van der Waals surface area contributed by atoms with Crippen molar-refractivity contribution >= 4 is 122 Å². The Kier molecular flexibility index (Phi) is 10.1. The maximum Gasteiger partial charge on any atom is 0.252 e. The maximum atomic E-state index is 2.67. The third kappa shape index (κ3) is 7.36. The van der Waals surface area contributed by atoms with Crippen molar-refractivity contribution < 1.29 is 0 Å². The summed E-state index contributed by atoms with van der Waals surface area (Å²) in [6, 6.07) is 73.6. The first-order valence-corrected chi connectivity index (χ1v) is 27.9. The average Bonchev–Trinajstić information content (AvgIpc) is 3.55. The molecule has 0 fully saturated rings. The molecule has 3 heteroatoms. The lowest BCUT2D eigenvalue weighted by Gasteiger charge is -2.45. The third-order valence-electron chi connectivity index (χ3n) is 17.5. The van der Waals surface area contributed by atoms with Crippen LogP contribution in [0.3, 0.4) is 0 Å². The van der Waals surface area contributed by atoms with Gasteiger partial charge in [-0.2, -0.15) is 0 Å². The topological polar surface area (TPSA) is 6.48 Å². The normalized spacial score (nSPS) is 13.9. The van der Waals surface area contributed by atoms with Gasteiger partial charge < -0.3 is 9.80 Å². The number of anilines is 6. The number of rotatable bonds is 3. The summed E-state index contributed by atoms with van der Waals surface area (Å²) in [6.45, 7) is 28.3. The second-order valence-corrected chi connectivity index (χ2v) is 26.7. The number of hydrogen-bond donors (Lipinski definition) is 0. The van der Waals surface area contributed by atoms with Crippen LogP contribution in [0.25, 0.3) is 75.8 Å². The van der Waals surface area contributed by atoms with Crippen molar-refractivity contribution in [2.75, 3.05) is 9.80 Å².